The normalized spacial score (nSPS) is 11.5. The molecular formula is C12H13ClN2O2S2. The first-order valence-electron chi connectivity index (χ1n) is 5.69. The van der Waals surface area contributed by atoms with Gasteiger partial charge < -0.3 is 5.32 Å². The van der Waals surface area contributed by atoms with Crippen LogP contribution in [0.5, 0.6) is 0 Å². The largest absolute Gasteiger partial charge is 0.377 e. The second-order valence-corrected chi connectivity index (χ2v) is 7.80. The summed E-state index contributed by atoms with van der Waals surface area (Å²) in [4.78, 5) is 4.44. The van der Waals surface area contributed by atoms with Crippen LogP contribution in [0.25, 0.3) is 0 Å². The first-order chi connectivity index (χ1) is 9.03. The lowest BCUT2D eigenvalue weighted by molar-refractivity contribution is 0.597. The Morgan fingerprint density at radius 1 is 1.37 bits per heavy atom. The zero-order valence-electron chi connectivity index (χ0n) is 10.3. The second kappa shape index (κ2) is 5.90. The summed E-state index contributed by atoms with van der Waals surface area (Å²) in [6.45, 7) is 2.08. The topological polar surface area (TPSA) is 59.1 Å². The molecule has 0 saturated heterocycles. The number of halogens is 1. The molecule has 0 aliphatic heterocycles. The molecule has 102 valence electrons. The average molecular weight is 317 g/mol. The zero-order valence-corrected chi connectivity index (χ0v) is 12.6. The smallest absolute Gasteiger partial charge is 0.180 e. The van der Waals surface area contributed by atoms with Crippen molar-refractivity contribution in [2.75, 3.05) is 11.1 Å². The van der Waals surface area contributed by atoms with Crippen molar-refractivity contribution in [1.29, 1.82) is 0 Å². The summed E-state index contributed by atoms with van der Waals surface area (Å²) in [5, 5.41) is 3.91. The van der Waals surface area contributed by atoms with Gasteiger partial charge in [0, 0.05) is 0 Å². The standard InChI is InChI=1S/C12H13ClN2O2S2/c1-2-19(16,17)10-6-4-3-5-9(10)14-8-12-15-7-11(13)18-12/h3-7,14H,2,8H2,1H3. The van der Waals surface area contributed by atoms with Crippen LogP contribution in [0.15, 0.2) is 35.4 Å². The molecule has 0 amide bonds. The minimum Gasteiger partial charge on any atom is -0.377 e. The van der Waals surface area contributed by atoms with Gasteiger partial charge in [-0.25, -0.2) is 13.4 Å². The Labute approximate surface area is 121 Å². The van der Waals surface area contributed by atoms with Gasteiger partial charge in [0.25, 0.3) is 0 Å². The van der Waals surface area contributed by atoms with Gasteiger partial charge in [0.2, 0.25) is 0 Å². The maximum absolute atomic E-state index is 12.0. The fourth-order valence-electron chi connectivity index (χ4n) is 1.58. The van der Waals surface area contributed by atoms with E-state index in [9.17, 15) is 8.42 Å². The molecule has 0 saturated carbocycles. The number of nitrogens with one attached hydrogen (secondary N) is 1. The molecule has 0 spiro atoms. The van der Waals surface area contributed by atoms with Gasteiger partial charge in [0.1, 0.15) is 9.34 Å². The van der Waals surface area contributed by atoms with E-state index in [-0.39, 0.29) is 5.75 Å². The Balaban J connectivity index is 2.21. The number of hydrogen-bond donors (Lipinski definition) is 1. The van der Waals surface area contributed by atoms with E-state index < -0.39 is 9.84 Å². The van der Waals surface area contributed by atoms with Crippen molar-refractivity contribution in [3.63, 3.8) is 0 Å². The molecule has 0 aliphatic carbocycles. The molecule has 1 heterocycles. The number of rotatable bonds is 5. The van der Waals surface area contributed by atoms with Crippen LogP contribution in [-0.2, 0) is 16.4 Å². The second-order valence-electron chi connectivity index (χ2n) is 3.81. The maximum atomic E-state index is 12.0. The molecule has 0 atom stereocenters. The summed E-state index contributed by atoms with van der Waals surface area (Å²) >= 11 is 7.17. The Hall–Kier alpha value is -1.11. The van der Waals surface area contributed by atoms with Gasteiger partial charge in [-0.05, 0) is 12.1 Å². The van der Waals surface area contributed by atoms with Crippen LogP contribution in [-0.4, -0.2) is 19.2 Å². The third-order valence-electron chi connectivity index (χ3n) is 2.56. The summed E-state index contributed by atoms with van der Waals surface area (Å²) < 4.78 is 24.5. The highest BCUT2D eigenvalue weighted by Crippen LogP contribution is 2.24. The van der Waals surface area contributed by atoms with Crippen LogP contribution >= 0.6 is 22.9 Å². The van der Waals surface area contributed by atoms with Crippen LogP contribution in [0.1, 0.15) is 11.9 Å². The number of hydrogen-bond acceptors (Lipinski definition) is 5. The van der Waals surface area contributed by atoms with E-state index in [1.54, 1.807) is 37.4 Å². The van der Waals surface area contributed by atoms with Gasteiger partial charge in [0.15, 0.2) is 9.84 Å². The number of thiazole rings is 1. The summed E-state index contributed by atoms with van der Waals surface area (Å²) in [7, 11) is -3.23. The van der Waals surface area contributed by atoms with Gasteiger partial charge >= 0.3 is 0 Å². The first kappa shape index (κ1) is 14.3. The zero-order chi connectivity index (χ0) is 13.9. The van der Waals surface area contributed by atoms with Crippen molar-refractivity contribution >= 4 is 38.5 Å². The molecule has 0 fully saturated rings. The Morgan fingerprint density at radius 3 is 2.74 bits per heavy atom. The molecule has 0 bridgehead atoms. The Kier molecular flexibility index (Phi) is 4.44. The van der Waals surface area contributed by atoms with Gasteiger partial charge in [-0.3, -0.25) is 0 Å². The fourth-order valence-corrected chi connectivity index (χ4v) is 3.55. The van der Waals surface area contributed by atoms with Gasteiger partial charge in [-0.2, -0.15) is 0 Å². The lowest BCUT2D eigenvalue weighted by atomic mass is 10.3. The first-order valence-corrected chi connectivity index (χ1v) is 8.53. The third-order valence-corrected chi connectivity index (χ3v) is 5.46. The predicted octanol–water partition coefficient (Wildman–Crippen LogP) is 3.20. The lowest BCUT2D eigenvalue weighted by Crippen LogP contribution is -2.09. The number of sulfone groups is 1. The van der Waals surface area contributed by atoms with Crippen molar-refractivity contribution in [2.45, 2.75) is 18.4 Å². The van der Waals surface area contributed by atoms with Gasteiger partial charge in [-0.1, -0.05) is 30.7 Å². The van der Waals surface area contributed by atoms with E-state index in [1.807, 2.05) is 0 Å². The molecule has 0 radical (unpaired) electrons. The monoisotopic (exact) mass is 316 g/mol. The highest BCUT2D eigenvalue weighted by molar-refractivity contribution is 7.91. The number of aromatic nitrogens is 1. The van der Waals surface area contributed by atoms with Gasteiger partial charge in [0.05, 0.1) is 29.1 Å². The summed E-state index contributed by atoms with van der Waals surface area (Å²) in [6.07, 6.45) is 1.58. The van der Waals surface area contributed by atoms with E-state index in [0.717, 1.165) is 5.01 Å². The molecule has 4 nitrogen and oxygen atoms in total. The molecule has 1 N–H and O–H groups in total. The minimum atomic E-state index is -3.23. The number of anilines is 1. The van der Waals surface area contributed by atoms with Crippen molar-refractivity contribution in [2.24, 2.45) is 0 Å². The van der Waals surface area contributed by atoms with Crippen molar-refractivity contribution in [3.05, 3.63) is 39.8 Å². The molecule has 1 aromatic carbocycles. The molecule has 7 heteroatoms. The van der Waals surface area contributed by atoms with Crippen molar-refractivity contribution in [1.82, 2.24) is 4.98 Å². The minimum absolute atomic E-state index is 0.0781. The van der Waals surface area contributed by atoms with E-state index >= 15 is 0 Å². The molecule has 2 aromatic rings. The Bertz CT molecular complexity index is 668. The lowest BCUT2D eigenvalue weighted by Gasteiger charge is -2.10. The quantitative estimate of drug-likeness (QED) is 0.920. The number of benzene rings is 1. The predicted molar refractivity (Wildman–Crippen MR) is 78.6 cm³/mol. The highest BCUT2D eigenvalue weighted by Gasteiger charge is 2.15. The highest BCUT2D eigenvalue weighted by atomic mass is 35.5. The SMILES string of the molecule is CCS(=O)(=O)c1ccccc1NCc1ncc(Cl)s1. The van der Waals surface area contributed by atoms with E-state index in [4.69, 9.17) is 11.6 Å². The van der Waals surface area contributed by atoms with Crippen molar-refractivity contribution < 1.29 is 8.42 Å². The maximum Gasteiger partial charge on any atom is 0.180 e. The van der Waals surface area contributed by atoms with E-state index in [0.29, 0.717) is 21.5 Å². The van der Waals surface area contributed by atoms with Crippen LogP contribution < -0.4 is 5.32 Å². The van der Waals surface area contributed by atoms with Crippen LogP contribution in [0, 0.1) is 0 Å². The van der Waals surface area contributed by atoms with E-state index in [1.165, 1.54) is 11.3 Å². The molecule has 0 unspecified atom stereocenters. The van der Waals surface area contributed by atoms with Gasteiger partial charge in [-0.15, -0.1) is 11.3 Å². The average Bonchev–Trinajstić information content (AvgIpc) is 2.82. The molecular weight excluding hydrogens is 304 g/mol. The summed E-state index contributed by atoms with van der Waals surface area (Å²) in [6, 6.07) is 6.87. The molecule has 1 aromatic heterocycles. The van der Waals surface area contributed by atoms with Crippen LogP contribution in [0.4, 0.5) is 5.69 Å². The third kappa shape index (κ3) is 3.46. The van der Waals surface area contributed by atoms with Crippen LogP contribution in [0.2, 0.25) is 4.34 Å². The molecule has 2 rings (SSSR count). The summed E-state index contributed by atoms with van der Waals surface area (Å²) in [5.74, 6) is 0.0781. The number of para-hydroxylation sites is 1. The van der Waals surface area contributed by atoms with E-state index in [2.05, 4.69) is 10.3 Å². The fraction of sp³-hybridized carbons (Fsp3) is 0.250. The summed E-state index contributed by atoms with van der Waals surface area (Å²) in [5.41, 5.74) is 0.593. The molecule has 19 heavy (non-hydrogen) atoms. The van der Waals surface area contributed by atoms with Crippen LogP contribution in [0.3, 0.4) is 0 Å². The number of nitrogens with zero attached hydrogens (tertiary/aromatic N) is 1. The Morgan fingerprint density at radius 2 is 2.11 bits per heavy atom. The van der Waals surface area contributed by atoms with Crippen molar-refractivity contribution in [3.8, 4) is 0 Å². The molecule has 0 aliphatic rings.